The van der Waals surface area contributed by atoms with E-state index >= 15 is 0 Å². The molecule has 0 fully saturated rings. The zero-order chi connectivity index (χ0) is 19.3. The Kier molecular flexibility index (Phi) is 5.95. The van der Waals surface area contributed by atoms with Gasteiger partial charge in [-0.2, -0.15) is 0 Å². The summed E-state index contributed by atoms with van der Waals surface area (Å²) in [5.74, 6) is 0.701. The molecule has 1 heterocycles. The minimum atomic E-state index is -0.00461. The SMILES string of the molecule is O=C(CCSc1ccc(Cl)cc1)Nc1ccccc1-c1nc2ccccc2s1. The van der Waals surface area contributed by atoms with Crippen LogP contribution in [-0.2, 0) is 4.79 Å². The second-order valence-corrected chi connectivity index (χ2v) is 8.77. The summed E-state index contributed by atoms with van der Waals surface area (Å²) >= 11 is 9.17. The molecule has 28 heavy (non-hydrogen) atoms. The Morgan fingerprint density at radius 2 is 1.75 bits per heavy atom. The summed E-state index contributed by atoms with van der Waals surface area (Å²) in [6.45, 7) is 0. The molecular weight excluding hydrogens is 408 g/mol. The van der Waals surface area contributed by atoms with E-state index in [4.69, 9.17) is 16.6 Å². The van der Waals surface area contributed by atoms with Gasteiger partial charge in [0.25, 0.3) is 0 Å². The maximum atomic E-state index is 12.4. The number of thiazole rings is 1. The van der Waals surface area contributed by atoms with E-state index in [2.05, 4.69) is 11.4 Å². The van der Waals surface area contributed by atoms with Crippen LogP contribution in [-0.4, -0.2) is 16.6 Å². The Hall–Kier alpha value is -2.34. The van der Waals surface area contributed by atoms with Crippen molar-refractivity contribution in [3.63, 3.8) is 0 Å². The highest BCUT2D eigenvalue weighted by molar-refractivity contribution is 7.99. The molecule has 1 aromatic heterocycles. The number of thioether (sulfide) groups is 1. The van der Waals surface area contributed by atoms with Gasteiger partial charge in [0.2, 0.25) is 5.91 Å². The fraction of sp³-hybridized carbons (Fsp3) is 0.0909. The lowest BCUT2D eigenvalue weighted by molar-refractivity contribution is -0.115. The molecule has 0 bridgehead atoms. The minimum Gasteiger partial charge on any atom is -0.325 e. The summed E-state index contributed by atoms with van der Waals surface area (Å²) in [4.78, 5) is 18.3. The summed E-state index contributed by atoms with van der Waals surface area (Å²) in [6, 6.07) is 23.5. The fourth-order valence-corrected chi connectivity index (χ4v) is 4.75. The van der Waals surface area contributed by atoms with Gasteiger partial charge in [-0.3, -0.25) is 4.79 Å². The van der Waals surface area contributed by atoms with Crippen LogP contribution < -0.4 is 5.32 Å². The molecule has 0 aliphatic heterocycles. The third-order valence-electron chi connectivity index (χ3n) is 4.14. The Morgan fingerprint density at radius 1 is 1.00 bits per heavy atom. The van der Waals surface area contributed by atoms with E-state index in [1.807, 2.05) is 66.7 Å². The third kappa shape index (κ3) is 4.55. The molecule has 1 amide bonds. The van der Waals surface area contributed by atoms with Crippen molar-refractivity contribution in [2.75, 3.05) is 11.1 Å². The summed E-state index contributed by atoms with van der Waals surface area (Å²) in [6.07, 6.45) is 0.432. The molecule has 0 aliphatic rings. The zero-order valence-corrected chi connectivity index (χ0v) is 17.3. The van der Waals surface area contributed by atoms with E-state index in [0.717, 1.165) is 31.4 Å². The number of para-hydroxylation sites is 2. The van der Waals surface area contributed by atoms with Gasteiger partial charge in [-0.15, -0.1) is 23.1 Å². The Bertz CT molecular complexity index is 1080. The van der Waals surface area contributed by atoms with Gasteiger partial charge in [-0.25, -0.2) is 4.98 Å². The number of hydrogen-bond acceptors (Lipinski definition) is 4. The van der Waals surface area contributed by atoms with E-state index in [1.54, 1.807) is 23.1 Å². The molecule has 0 unspecified atom stereocenters. The van der Waals surface area contributed by atoms with Gasteiger partial charge in [0.1, 0.15) is 5.01 Å². The van der Waals surface area contributed by atoms with E-state index in [0.29, 0.717) is 17.2 Å². The van der Waals surface area contributed by atoms with Crippen LogP contribution in [0.5, 0.6) is 0 Å². The molecule has 140 valence electrons. The minimum absolute atomic E-state index is 0.00461. The van der Waals surface area contributed by atoms with Crippen molar-refractivity contribution in [1.82, 2.24) is 4.98 Å². The number of amides is 1. The zero-order valence-electron chi connectivity index (χ0n) is 14.9. The molecule has 4 rings (SSSR count). The first kappa shape index (κ1) is 19.0. The van der Waals surface area contributed by atoms with Crippen molar-refractivity contribution in [3.8, 4) is 10.6 Å². The van der Waals surface area contributed by atoms with Crippen LogP contribution >= 0.6 is 34.7 Å². The molecule has 0 atom stereocenters. The summed E-state index contributed by atoms with van der Waals surface area (Å²) in [7, 11) is 0. The average molecular weight is 425 g/mol. The molecule has 0 saturated carbocycles. The summed E-state index contributed by atoms with van der Waals surface area (Å²) < 4.78 is 1.14. The highest BCUT2D eigenvalue weighted by atomic mass is 35.5. The number of nitrogens with one attached hydrogen (secondary N) is 1. The quantitative estimate of drug-likeness (QED) is 0.348. The van der Waals surface area contributed by atoms with Gasteiger partial charge in [0, 0.05) is 27.7 Å². The number of anilines is 1. The standard InChI is InChI=1S/C22H17ClN2OS2/c23-15-9-11-16(12-10-15)27-14-13-21(26)24-18-6-2-1-5-17(18)22-25-19-7-3-4-8-20(19)28-22/h1-12H,13-14H2,(H,24,26). The van der Waals surface area contributed by atoms with Gasteiger partial charge in [-0.05, 0) is 48.5 Å². The van der Waals surface area contributed by atoms with Crippen molar-refractivity contribution in [1.29, 1.82) is 0 Å². The van der Waals surface area contributed by atoms with Crippen molar-refractivity contribution in [3.05, 3.63) is 77.8 Å². The molecule has 1 N–H and O–H groups in total. The lowest BCUT2D eigenvalue weighted by Crippen LogP contribution is -2.12. The maximum Gasteiger partial charge on any atom is 0.225 e. The molecule has 0 aliphatic carbocycles. The predicted molar refractivity (Wildman–Crippen MR) is 120 cm³/mol. The van der Waals surface area contributed by atoms with Gasteiger partial charge in [0.05, 0.1) is 15.9 Å². The number of fused-ring (bicyclic) bond motifs is 1. The number of benzene rings is 3. The van der Waals surface area contributed by atoms with Crippen molar-refractivity contribution in [2.45, 2.75) is 11.3 Å². The first-order valence-electron chi connectivity index (χ1n) is 8.82. The maximum absolute atomic E-state index is 12.4. The Balaban J connectivity index is 1.43. The normalized spacial score (nSPS) is 10.9. The van der Waals surface area contributed by atoms with Gasteiger partial charge in [-0.1, -0.05) is 35.9 Å². The Labute approximate surface area is 176 Å². The highest BCUT2D eigenvalue weighted by Gasteiger charge is 2.12. The molecule has 0 spiro atoms. The van der Waals surface area contributed by atoms with Crippen LogP contribution in [0.25, 0.3) is 20.8 Å². The first-order chi connectivity index (χ1) is 13.7. The molecule has 3 nitrogen and oxygen atoms in total. The van der Waals surface area contributed by atoms with Crippen molar-refractivity contribution < 1.29 is 4.79 Å². The van der Waals surface area contributed by atoms with Gasteiger partial charge in [0.15, 0.2) is 0 Å². The fourth-order valence-electron chi connectivity index (χ4n) is 2.77. The molecule has 4 aromatic rings. The number of carbonyl (C=O) groups is 1. The Morgan fingerprint density at radius 3 is 2.57 bits per heavy atom. The van der Waals surface area contributed by atoms with Crippen LogP contribution in [0.15, 0.2) is 77.7 Å². The van der Waals surface area contributed by atoms with Crippen molar-refractivity contribution >= 4 is 56.5 Å². The van der Waals surface area contributed by atoms with E-state index < -0.39 is 0 Å². The van der Waals surface area contributed by atoms with Gasteiger partial charge >= 0.3 is 0 Å². The average Bonchev–Trinajstić information content (AvgIpc) is 3.14. The van der Waals surface area contributed by atoms with Crippen LogP contribution in [0, 0.1) is 0 Å². The largest absolute Gasteiger partial charge is 0.325 e. The lowest BCUT2D eigenvalue weighted by Gasteiger charge is -2.09. The number of nitrogens with zero attached hydrogens (tertiary/aromatic N) is 1. The number of carbonyl (C=O) groups excluding carboxylic acids is 1. The molecule has 0 radical (unpaired) electrons. The van der Waals surface area contributed by atoms with Crippen LogP contribution in [0.3, 0.4) is 0 Å². The number of hydrogen-bond donors (Lipinski definition) is 1. The summed E-state index contributed by atoms with van der Waals surface area (Å²) in [5, 5.41) is 4.67. The smallest absolute Gasteiger partial charge is 0.225 e. The molecule has 0 saturated heterocycles. The molecule has 3 aromatic carbocycles. The van der Waals surface area contributed by atoms with Crippen molar-refractivity contribution in [2.24, 2.45) is 0 Å². The number of aromatic nitrogens is 1. The first-order valence-corrected chi connectivity index (χ1v) is 11.0. The topological polar surface area (TPSA) is 42.0 Å². The van der Waals surface area contributed by atoms with E-state index in [1.165, 1.54) is 0 Å². The second kappa shape index (κ2) is 8.78. The van der Waals surface area contributed by atoms with Crippen LogP contribution in [0.2, 0.25) is 5.02 Å². The number of rotatable bonds is 6. The molecule has 6 heteroatoms. The highest BCUT2D eigenvalue weighted by Crippen LogP contribution is 2.34. The predicted octanol–water partition coefficient (Wildman–Crippen LogP) is 6.74. The lowest BCUT2D eigenvalue weighted by atomic mass is 10.2. The van der Waals surface area contributed by atoms with Crippen LogP contribution in [0.1, 0.15) is 6.42 Å². The summed E-state index contributed by atoms with van der Waals surface area (Å²) in [5.41, 5.74) is 2.72. The number of halogens is 1. The third-order valence-corrected chi connectivity index (χ3v) is 6.47. The monoisotopic (exact) mass is 424 g/mol. The van der Waals surface area contributed by atoms with Gasteiger partial charge < -0.3 is 5.32 Å². The molecular formula is C22H17ClN2OS2. The van der Waals surface area contributed by atoms with E-state index in [9.17, 15) is 4.79 Å². The second-order valence-electron chi connectivity index (χ2n) is 6.13. The van der Waals surface area contributed by atoms with Crippen LogP contribution in [0.4, 0.5) is 5.69 Å². The van der Waals surface area contributed by atoms with E-state index in [-0.39, 0.29) is 5.91 Å².